The first kappa shape index (κ1) is 20.3. The topological polar surface area (TPSA) is 46.6 Å². The van der Waals surface area contributed by atoms with Gasteiger partial charge >= 0.3 is 0 Å². The van der Waals surface area contributed by atoms with Crippen LogP contribution in [0.25, 0.3) is 10.9 Å². The van der Waals surface area contributed by atoms with Crippen molar-refractivity contribution in [1.82, 2.24) is 9.88 Å². The van der Waals surface area contributed by atoms with E-state index >= 15 is 0 Å². The molecule has 1 aliphatic heterocycles. The Bertz CT molecular complexity index is 846. The number of aryl methyl sites for hydroxylation is 1. The molecule has 0 amide bonds. The Hall–Kier alpha value is -2.01. The van der Waals surface area contributed by atoms with E-state index in [1.165, 1.54) is 48.9 Å². The van der Waals surface area contributed by atoms with Gasteiger partial charge in [0.05, 0.1) is 19.2 Å². The number of aromatic nitrogens is 1. The zero-order valence-corrected chi connectivity index (χ0v) is 18.2. The summed E-state index contributed by atoms with van der Waals surface area (Å²) in [7, 11) is 1.73. The van der Waals surface area contributed by atoms with Crippen LogP contribution in [0.5, 0.6) is 11.5 Å². The molecule has 158 valence electrons. The van der Waals surface area contributed by atoms with Gasteiger partial charge in [0.2, 0.25) is 0 Å². The number of hydrogen-bond donors (Lipinski definition) is 1. The molecule has 1 aliphatic carbocycles. The van der Waals surface area contributed by atoms with E-state index < -0.39 is 0 Å². The highest BCUT2D eigenvalue weighted by Gasteiger charge is 2.22. The van der Waals surface area contributed by atoms with Gasteiger partial charge in [0, 0.05) is 24.0 Å². The number of methoxy groups -OCH3 is 1. The Labute approximate surface area is 174 Å². The van der Waals surface area contributed by atoms with E-state index in [0.29, 0.717) is 12.6 Å². The summed E-state index contributed by atoms with van der Waals surface area (Å²) in [4.78, 5) is 7.53. The van der Waals surface area contributed by atoms with Crippen LogP contribution in [-0.2, 0) is 12.8 Å². The number of pyridine rings is 1. The van der Waals surface area contributed by atoms with Crippen LogP contribution in [0.15, 0.2) is 12.1 Å². The number of fused-ring (bicyclic) bond motifs is 3. The van der Waals surface area contributed by atoms with Gasteiger partial charge in [-0.05, 0) is 82.2 Å². The van der Waals surface area contributed by atoms with Crippen LogP contribution in [0, 0.1) is 0 Å². The van der Waals surface area contributed by atoms with Gasteiger partial charge in [-0.2, -0.15) is 0 Å². The van der Waals surface area contributed by atoms with Crippen molar-refractivity contribution < 1.29 is 9.47 Å². The minimum Gasteiger partial charge on any atom is -0.493 e. The first-order chi connectivity index (χ1) is 14.2. The van der Waals surface area contributed by atoms with Crippen LogP contribution in [0.4, 0.5) is 5.82 Å². The Kier molecular flexibility index (Phi) is 6.43. The third kappa shape index (κ3) is 4.45. The Morgan fingerprint density at radius 1 is 1.10 bits per heavy atom. The van der Waals surface area contributed by atoms with Crippen molar-refractivity contribution in [2.24, 2.45) is 0 Å². The maximum atomic E-state index is 6.15. The normalized spacial score (nSPS) is 17.5. The number of ether oxygens (including phenoxy) is 2. The third-order valence-electron chi connectivity index (χ3n) is 6.41. The lowest BCUT2D eigenvalue weighted by molar-refractivity contribution is 0.254. The molecule has 5 nitrogen and oxygen atoms in total. The molecule has 0 saturated carbocycles. The van der Waals surface area contributed by atoms with Crippen LogP contribution in [0.1, 0.15) is 57.1 Å². The number of rotatable bonds is 9. The molecule has 29 heavy (non-hydrogen) atoms. The van der Waals surface area contributed by atoms with Gasteiger partial charge in [0.15, 0.2) is 11.5 Å². The standard InChI is InChI=1S/C24H35N3O2/c1-4-17(2)25-24-19-10-7-9-18(19)20-15-22(28-3)23(16-21(20)26-24)29-14-8-13-27-11-5-6-12-27/h15-17H,4-14H2,1-3H3,(H,25,26)/t17-/m0/s1. The fraction of sp³-hybridized carbons (Fsp3) is 0.625. The Morgan fingerprint density at radius 2 is 1.90 bits per heavy atom. The molecule has 4 rings (SSSR count). The van der Waals surface area contributed by atoms with E-state index in [1.807, 2.05) is 0 Å². The molecule has 1 atom stereocenters. The maximum Gasteiger partial charge on any atom is 0.163 e. The van der Waals surface area contributed by atoms with Crippen molar-refractivity contribution in [1.29, 1.82) is 0 Å². The lowest BCUT2D eigenvalue weighted by Crippen LogP contribution is -2.21. The molecule has 0 spiro atoms. The van der Waals surface area contributed by atoms with Crippen molar-refractivity contribution in [2.75, 3.05) is 38.7 Å². The van der Waals surface area contributed by atoms with Crippen LogP contribution in [-0.4, -0.2) is 49.3 Å². The van der Waals surface area contributed by atoms with Gasteiger partial charge in [-0.1, -0.05) is 6.92 Å². The third-order valence-corrected chi connectivity index (χ3v) is 6.41. The Morgan fingerprint density at radius 3 is 2.66 bits per heavy atom. The van der Waals surface area contributed by atoms with Crippen molar-refractivity contribution >= 4 is 16.7 Å². The Balaban J connectivity index is 1.57. The molecule has 1 aromatic carbocycles. The van der Waals surface area contributed by atoms with E-state index in [0.717, 1.165) is 55.1 Å². The van der Waals surface area contributed by atoms with Crippen molar-refractivity contribution in [3.63, 3.8) is 0 Å². The largest absolute Gasteiger partial charge is 0.493 e. The van der Waals surface area contributed by atoms with Crippen molar-refractivity contribution in [3.8, 4) is 11.5 Å². The zero-order chi connectivity index (χ0) is 20.2. The summed E-state index contributed by atoms with van der Waals surface area (Å²) in [5.41, 5.74) is 3.82. The quantitative estimate of drug-likeness (QED) is 0.616. The smallest absolute Gasteiger partial charge is 0.163 e. The highest BCUT2D eigenvalue weighted by Crippen LogP contribution is 2.39. The molecule has 1 saturated heterocycles. The fourth-order valence-corrected chi connectivity index (χ4v) is 4.58. The summed E-state index contributed by atoms with van der Waals surface area (Å²) in [6, 6.07) is 4.63. The van der Waals surface area contributed by atoms with Gasteiger partial charge in [-0.15, -0.1) is 0 Å². The summed E-state index contributed by atoms with van der Waals surface area (Å²) >= 11 is 0. The SMILES string of the molecule is CC[C@H](C)Nc1nc2cc(OCCCN3CCCC3)c(OC)cc2c2c1CCC2. The fourth-order valence-electron chi connectivity index (χ4n) is 4.58. The number of nitrogens with one attached hydrogen (secondary N) is 1. The molecule has 1 fully saturated rings. The average Bonchev–Trinajstić information content (AvgIpc) is 3.43. The lowest BCUT2D eigenvalue weighted by atomic mass is 10.0. The predicted octanol–water partition coefficient (Wildman–Crippen LogP) is 4.81. The average molecular weight is 398 g/mol. The predicted molar refractivity (Wildman–Crippen MR) is 119 cm³/mol. The van der Waals surface area contributed by atoms with E-state index in [4.69, 9.17) is 14.5 Å². The van der Waals surface area contributed by atoms with E-state index in [2.05, 4.69) is 36.2 Å². The van der Waals surface area contributed by atoms with Crippen LogP contribution >= 0.6 is 0 Å². The number of benzene rings is 1. The summed E-state index contributed by atoms with van der Waals surface area (Å²) in [6.45, 7) is 8.72. The van der Waals surface area contributed by atoms with E-state index in [9.17, 15) is 0 Å². The van der Waals surface area contributed by atoms with Crippen molar-refractivity contribution in [3.05, 3.63) is 23.3 Å². The first-order valence-electron chi connectivity index (χ1n) is 11.3. The molecule has 2 aliphatic rings. The number of likely N-dealkylation sites (tertiary alicyclic amines) is 1. The number of nitrogens with zero attached hydrogens (tertiary/aromatic N) is 2. The molecular formula is C24H35N3O2. The lowest BCUT2D eigenvalue weighted by Gasteiger charge is -2.19. The van der Waals surface area contributed by atoms with E-state index in [1.54, 1.807) is 7.11 Å². The minimum atomic E-state index is 0.421. The monoisotopic (exact) mass is 397 g/mol. The number of hydrogen-bond acceptors (Lipinski definition) is 5. The molecule has 1 N–H and O–H groups in total. The van der Waals surface area contributed by atoms with E-state index in [-0.39, 0.29) is 0 Å². The highest BCUT2D eigenvalue weighted by atomic mass is 16.5. The molecule has 0 radical (unpaired) electrons. The molecular weight excluding hydrogens is 362 g/mol. The summed E-state index contributed by atoms with van der Waals surface area (Å²) in [5, 5.41) is 4.84. The second-order valence-electron chi connectivity index (χ2n) is 8.50. The molecule has 2 aromatic rings. The molecule has 1 aromatic heterocycles. The number of anilines is 1. The molecule has 0 unspecified atom stereocenters. The maximum absolute atomic E-state index is 6.15. The summed E-state index contributed by atoms with van der Waals surface area (Å²) in [6.07, 6.45) is 8.21. The van der Waals surface area contributed by atoms with Gasteiger partial charge in [0.25, 0.3) is 0 Å². The zero-order valence-electron chi connectivity index (χ0n) is 18.2. The van der Waals surface area contributed by atoms with Gasteiger partial charge in [-0.3, -0.25) is 0 Å². The van der Waals surface area contributed by atoms with Crippen LogP contribution in [0.2, 0.25) is 0 Å². The second kappa shape index (κ2) is 9.21. The minimum absolute atomic E-state index is 0.421. The molecule has 5 heteroatoms. The summed E-state index contributed by atoms with van der Waals surface area (Å²) in [5.74, 6) is 2.68. The first-order valence-corrected chi connectivity index (χ1v) is 11.3. The van der Waals surface area contributed by atoms with Gasteiger partial charge in [-0.25, -0.2) is 4.98 Å². The van der Waals surface area contributed by atoms with Crippen molar-refractivity contribution in [2.45, 2.75) is 64.8 Å². The second-order valence-corrected chi connectivity index (χ2v) is 8.50. The molecule has 2 heterocycles. The molecule has 0 bridgehead atoms. The van der Waals surface area contributed by atoms with Crippen LogP contribution < -0.4 is 14.8 Å². The van der Waals surface area contributed by atoms with Gasteiger partial charge in [0.1, 0.15) is 5.82 Å². The summed E-state index contributed by atoms with van der Waals surface area (Å²) < 4.78 is 11.8. The van der Waals surface area contributed by atoms with Gasteiger partial charge < -0.3 is 19.7 Å². The highest BCUT2D eigenvalue weighted by molar-refractivity contribution is 5.89. The van der Waals surface area contributed by atoms with Crippen LogP contribution in [0.3, 0.4) is 0 Å².